The molecule has 1 fully saturated rings. The molecular weight excluding hydrogens is 232 g/mol. The van der Waals surface area contributed by atoms with Crippen LogP contribution >= 0.6 is 11.8 Å². The fourth-order valence-electron chi connectivity index (χ4n) is 2.41. The highest BCUT2D eigenvalue weighted by molar-refractivity contribution is 8.00. The molecule has 0 bridgehead atoms. The van der Waals surface area contributed by atoms with E-state index in [0.29, 0.717) is 0 Å². The smallest absolute Gasteiger partial charge is 0.236 e. The van der Waals surface area contributed by atoms with Crippen molar-refractivity contribution in [2.75, 3.05) is 12.8 Å². The van der Waals surface area contributed by atoms with Crippen LogP contribution in [0.1, 0.15) is 51.9 Å². The number of nitrogens with two attached hydrogens (primary N) is 1. The molecule has 0 heterocycles. The van der Waals surface area contributed by atoms with Gasteiger partial charge < -0.3 is 11.1 Å². The number of carbonyl (C=O) groups excluding carboxylic acids is 1. The zero-order chi connectivity index (χ0) is 12.7. The van der Waals surface area contributed by atoms with Crippen LogP contribution in [-0.4, -0.2) is 29.5 Å². The number of hydrogen-bond donors (Lipinski definition) is 2. The molecule has 0 aromatic carbocycles. The Balaban J connectivity index is 2.31. The first-order chi connectivity index (χ1) is 8.13. The van der Waals surface area contributed by atoms with Crippen LogP contribution in [0.15, 0.2) is 0 Å². The van der Waals surface area contributed by atoms with Crippen LogP contribution in [0.4, 0.5) is 0 Å². The van der Waals surface area contributed by atoms with Gasteiger partial charge in [0.05, 0.1) is 6.04 Å². The molecule has 1 amide bonds. The summed E-state index contributed by atoms with van der Waals surface area (Å²) >= 11 is 1.90. The van der Waals surface area contributed by atoms with Gasteiger partial charge in [-0.15, -0.1) is 0 Å². The summed E-state index contributed by atoms with van der Waals surface area (Å²) < 4.78 is 0.278. The van der Waals surface area contributed by atoms with Gasteiger partial charge in [-0.05, 0) is 25.5 Å². The third kappa shape index (κ3) is 4.51. The SMILES string of the molecule is CCCC[C@H](N)C(=O)NCC1(SC)CCCC1. The molecular formula is C13H26N2OS. The fraction of sp³-hybridized carbons (Fsp3) is 0.923. The lowest BCUT2D eigenvalue weighted by atomic mass is 10.1. The highest BCUT2D eigenvalue weighted by atomic mass is 32.2. The van der Waals surface area contributed by atoms with Crippen molar-refractivity contribution < 1.29 is 4.79 Å². The Hall–Kier alpha value is -0.220. The molecule has 4 heteroatoms. The van der Waals surface area contributed by atoms with E-state index in [1.165, 1.54) is 25.7 Å². The van der Waals surface area contributed by atoms with Gasteiger partial charge in [0, 0.05) is 11.3 Å². The average Bonchev–Trinajstić information content (AvgIpc) is 2.82. The third-order valence-corrected chi connectivity index (χ3v) is 5.16. The normalized spacial score (nSPS) is 20.2. The molecule has 3 nitrogen and oxygen atoms in total. The lowest BCUT2D eigenvalue weighted by Crippen LogP contribution is -2.46. The molecule has 3 N–H and O–H groups in total. The third-order valence-electron chi connectivity index (χ3n) is 3.74. The molecule has 1 atom stereocenters. The standard InChI is InChI=1S/C13H26N2OS/c1-3-4-7-11(14)12(16)15-10-13(17-2)8-5-6-9-13/h11H,3-10,14H2,1-2H3,(H,15,16)/t11-/m0/s1. The first-order valence-electron chi connectivity index (χ1n) is 6.72. The Labute approximate surface area is 109 Å². The molecule has 0 radical (unpaired) electrons. The van der Waals surface area contributed by atoms with Crippen molar-refractivity contribution in [2.24, 2.45) is 5.73 Å². The van der Waals surface area contributed by atoms with Gasteiger partial charge in [0.1, 0.15) is 0 Å². The summed E-state index contributed by atoms with van der Waals surface area (Å²) in [4.78, 5) is 11.8. The van der Waals surface area contributed by atoms with E-state index < -0.39 is 0 Å². The minimum absolute atomic E-state index is 0.0266. The predicted molar refractivity (Wildman–Crippen MR) is 75.2 cm³/mol. The number of nitrogens with one attached hydrogen (secondary N) is 1. The van der Waals surface area contributed by atoms with E-state index in [9.17, 15) is 4.79 Å². The first kappa shape index (κ1) is 14.8. The number of hydrogen-bond acceptors (Lipinski definition) is 3. The highest BCUT2D eigenvalue weighted by Gasteiger charge is 2.33. The summed E-state index contributed by atoms with van der Waals surface area (Å²) in [5, 5.41) is 3.04. The average molecular weight is 258 g/mol. The summed E-state index contributed by atoms with van der Waals surface area (Å²) in [7, 11) is 0. The summed E-state index contributed by atoms with van der Waals surface area (Å²) in [6.45, 7) is 2.90. The lowest BCUT2D eigenvalue weighted by Gasteiger charge is -2.27. The van der Waals surface area contributed by atoms with E-state index >= 15 is 0 Å². The van der Waals surface area contributed by atoms with E-state index in [0.717, 1.165) is 25.8 Å². The molecule has 0 unspecified atom stereocenters. The molecule has 0 saturated heterocycles. The van der Waals surface area contributed by atoms with Crippen molar-refractivity contribution >= 4 is 17.7 Å². The second-order valence-electron chi connectivity index (χ2n) is 5.06. The van der Waals surface area contributed by atoms with Crippen LogP contribution in [0.25, 0.3) is 0 Å². The second kappa shape index (κ2) is 7.27. The van der Waals surface area contributed by atoms with Gasteiger partial charge >= 0.3 is 0 Å². The van der Waals surface area contributed by atoms with Crippen LogP contribution < -0.4 is 11.1 Å². The lowest BCUT2D eigenvalue weighted by molar-refractivity contribution is -0.122. The zero-order valence-corrected chi connectivity index (χ0v) is 11.9. The molecule has 0 aromatic heterocycles. The maximum absolute atomic E-state index is 11.8. The van der Waals surface area contributed by atoms with Crippen molar-refractivity contribution in [3.63, 3.8) is 0 Å². The van der Waals surface area contributed by atoms with Gasteiger partial charge in [0.15, 0.2) is 0 Å². The van der Waals surface area contributed by atoms with Gasteiger partial charge in [-0.1, -0.05) is 32.6 Å². The molecule has 100 valence electrons. The van der Waals surface area contributed by atoms with E-state index in [2.05, 4.69) is 18.5 Å². The predicted octanol–water partition coefficient (Wildman–Crippen LogP) is 2.30. The van der Waals surface area contributed by atoms with E-state index in [4.69, 9.17) is 5.73 Å². The van der Waals surface area contributed by atoms with Crippen LogP contribution in [-0.2, 0) is 4.79 Å². The summed E-state index contributed by atoms with van der Waals surface area (Å²) in [5.74, 6) is 0.0266. The maximum atomic E-state index is 11.8. The van der Waals surface area contributed by atoms with Gasteiger partial charge in [-0.3, -0.25) is 4.79 Å². The van der Waals surface area contributed by atoms with Crippen LogP contribution in [0.3, 0.4) is 0 Å². The Morgan fingerprint density at radius 3 is 2.65 bits per heavy atom. The fourth-order valence-corrected chi connectivity index (χ4v) is 3.32. The van der Waals surface area contributed by atoms with Gasteiger partial charge in [-0.25, -0.2) is 0 Å². The molecule has 0 aliphatic heterocycles. The Morgan fingerprint density at radius 2 is 2.12 bits per heavy atom. The zero-order valence-electron chi connectivity index (χ0n) is 11.1. The van der Waals surface area contributed by atoms with Crippen molar-refractivity contribution in [2.45, 2.75) is 62.7 Å². The van der Waals surface area contributed by atoms with E-state index in [-0.39, 0.29) is 16.7 Å². The maximum Gasteiger partial charge on any atom is 0.236 e. The Bertz CT molecular complexity index is 240. The van der Waals surface area contributed by atoms with Crippen molar-refractivity contribution in [1.82, 2.24) is 5.32 Å². The van der Waals surface area contributed by atoms with Gasteiger partial charge in [0.2, 0.25) is 5.91 Å². The molecule has 1 aliphatic carbocycles. The Morgan fingerprint density at radius 1 is 1.47 bits per heavy atom. The minimum Gasteiger partial charge on any atom is -0.353 e. The topological polar surface area (TPSA) is 55.1 Å². The molecule has 0 aromatic rings. The van der Waals surface area contributed by atoms with Crippen molar-refractivity contribution in [3.8, 4) is 0 Å². The molecule has 1 rings (SSSR count). The van der Waals surface area contributed by atoms with E-state index in [1.54, 1.807) is 0 Å². The first-order valence-corrected chi connectivity index (χ1v) is 7.94. The monoisotopic (exact) mass is 258 g/mol. The van der Waals surface area contributed by atoms with Crippen molar-refractivity contribution in [3.05, 3.63) is 0 Å². The van der Waals surface area contributed by atoms with Gasteiger partial charge in [0.25, 0.3) is 0 Å². The van der Waals surface area contributed by atoms with E-state index in [1.807, 2.05) is 11.8 Å². The number of thioether (sulfide) groups is 1. The summed E-state index contributed by atoms with van der Waals surface area (Å²) in [5.41, 5.74) is 5.85. The number of amides is 1. The minimum atomic E-state index is -0.324. The summed E-state index contributed by atoms with van der Waals surface area (Å²) in [6.07, 6.45) is 10.1. The van der Waals surface area contributed by atoms with Crippen LogP contribution in [0.2, 0.25) is 0 Å². The summed E-state index contributed by atoms with van der Waals surface area (Å²) in [6, 6.07) is -0.324. The van der Waals surface area contributed by atoms with Crippen molar-refractivity contribution in [1.29, 1.82) is 0 Å². The Kier molecular flexibility index (Phi) is 6.34. The second-order valence-corrected chi connectivity index (χ2v) is 6.34. The quantitative estimate of drug-likeness (QED) is 0.736. The number of unbranched alkanes of at least 4 members (excludes halogenated alkanes) is 1. The number of rotatable bonds is 7. The molecule has 17 heavy (non-hydrogen) atoms. The largest absolute Gasteiger partial charge is 0.353 e. The highest BCUT2D eigenvalue weighted by Crippen LogP contribution is 2.39. The molecule has 1 aliphatic rings. The number of carbonyl (C=O) groups is 1. The molecule has 1 saturated carbocycles. The van der Waals surface area contributed by atoms with Gasteiger partial charge in [-0.2, -0.15) is 11.8 Å². The molecule has 0 spiro atoms. The van der Waals surface area contributed by atoms with Crippen LogP contribution in [0, 0.1) is 0 Å². The van der Waals surface area contributed by atoms with Crippen LogP contribution in [0.5, 0.6) is 0 Å².